The Morgan fingerprint density at radius 1 is 1.26 bits per heavy atom. The zero-order valence-electron chi connectivity index (χ0n) is 13.5. The highest BCUT2D eigenvalue weighted by Crippen LogP contribution is 2.43. The molecule has 0 amide bonds. The maximum atomic E-state index is 12.2. The molecule has 3 rings (SSSR count). The normalized spacial score (nSPS) is 24.7. The summed E-state index contributed by atoms with van der Waals surface area (Å²) >= 11 is 6.09. The summed E-state index contributed by atoms with van der Waals surface area (Å²) in [6.45, 7) is 6.73. The number of anilines is 1. The number of morpholine rings is 1. The summed E-state index contributed by atoms with van der Waals surface area (Å²) in [7, 11) is -3.42. The van der Waals surface area contributed by atoms with Crippen molar-refractivity contribution >= 4 is 27.3 Å². The van der Waals surface area contributed by atoms with Gasteiger partial charge in [-0.3, -0.25) is 0 Å². The molecule has 0 spiro atoms. The van der Waals surface area contributed by atoms with E-state index in [1.165, 1.54) is 6.26 Å². The lowest BCUT2D eigenvalue weighted by atomic mass is 10.0. The van der Waals surface area contributed by atoms with E-state index < -0.39 is 14.6 Å². The van der Waals surface area contributed by atoms with Crippen LogP contribution in [-0.2, 0) is 19.3 Å². The van der Waals surface area contributed by atoms with E-state index >= 15 is 0 Å². The van der Waals surface area contributed by atoms with Crippen LogP contribution >= 0.6 is 11.6 Å². The van der Waals surface area contributed by atoms with Crippen LogP contribution in [0.4, 0.5) is 5.82 Å². The number of sulfone groups is 1. The zero-order valence-corrected chi connectivity index (χ0v) is 15.1. The topological polar surface area (TPSA) is 81.6 Å². The van der Waals surface area contributed by atoms with E-state index in [-0.39, 0.29) is 17.4 Å². The number of halogens is 1. The molecule has 128 valence electrons. The molecule has 1 saturated heterocycles. The van der Waals surface area contributed by atoms with Crippen molar-refractivity contribution < 1.29 is 17.9 Å². The van der Waals surface area contributed by atoms with Gasteiger partial charge in [-0.2, -0.15) is 4.98 Å². The Balaban J connectivity index is 2.20. The third kappa shape index (κ3) is 2.66. The molecule has 1 aromatic rings. The summed E-state index contributed by atoms with van der Waals surface area (Å²) in [5.74, 6) is 0.943. The molecule has 0 bridgehead atoms. The van der Waals surface area contributed by atoms with Gasteiger partial charge in [-0.1, -0.05) is 0 Å². The zero-order chi connectivity index (χ0) is 17.0. The number of rotatable bonds is 2. The molecule has 0 unspecified atom stereocenters. The minimum atomic E-state index is -3.42. The van der Waals surface area contributed by atoms with Crippen molar-refractivity contribution in [3.05, 3.63) is 11.0 Å². The number of aromatic nitrogens is 2. The molecule has 0 radical (unpaired) electrons. The Bertz CT molecular complexity index is 738. The maximum absolute atomic E-state index is 12.2. The van der Waals surface area contributed by atoms with E-state index in [9.17, 15) is 8.42 Å². The molecule has 3 heterocycles. The predicted octanol–water partition coefficient (Wildman–Crippen LogP) is 1.40. The third-order valence-corrected chi connectivity index (χ3v) is 6.74. The Morgan fingerprint density at radius 2 is 1.96 bits per heavy atom. The molecule has 1 aromatic heterocycles. The standard InChI is InChI=1S/C14H20ClN3O4S/c1-8-5-21-6-9-7-22-10-11(14(2,3)23(4,19)20)16-13(15)17-12(10)18(8)9/h8-9H,5-7H2,1-4H3/t8-,9+/m1/s1. The van der Waals surface area contributed by atoms with Crippen molar-refractivity contribution in [3.63, 3.8) is 0 Å². The molecular weight excluding hydrogens is 342 g/mol. The van der Waals surface area contributed by atoms with Crippen LogP contribution in [0.25, 0.3) is 0 Å². The highest BCUT2D eigenvalue weighted by atomic mass is 35.5. The van der Waals surface area contributed by atoms with E-state index in [2.05, 4.69) is 14.9 Å². The first-order chi connectivity index (χ1) is 10.6. The largest absolute Gasteiger partial charge is 0.486 e. The summed E-state index contributed by atoms with van der Waals surface area (Å²) in [6.07, 6.45) is 1.18. The number of fused-ring (bicyclic) bond motifs is 3. The van der Waals surface area contributed by atoms with E-state index in [1.54, 1.807) is 13.8 Å². The predicted molar refractivity (Wildman–Crippen MR) is 87.0 cm³/mol. The van der Waals surface area contributed by atoms with Crippen molar-refractivity contribution in [1.29, 1.82) is 0 Å². The number of hydrogen-bond donors (Lipinski definition) is 0. The Labute approximate surface area is 140 Å². The van der Waals surface area contributed by atoms with Gasteiger partial charge in [-0.25, -0.2) is 13.4 Å². The van der Waals surface area contributed by atoms with Crippen LogP contribution in [0.3, 0.4) is 0 Å². The number of ether oxygens (including phenoxy) is 2. The molecule has 1 fully saturated rings. The lowest BCUT2D eigenvalue weighted by Crippen LogP contribution is -2.56. The highest BCUT2D eigenvalue weighted by Gasteiger charge is 2.43. The van der Waals surface area contributed by atoms with Gasteiger partial charge in [0.25, 0.3) is 0 Å². The summed E-state index contributed by atoms with van der Waals surface area (Å²) in [5, 5.41) is 0.0124. The number of nitrogens with zero attached hydrogens (tertiary/aromatic N) is 3. The van der Waals surface area contributed by atoms with Crippen LogP contribution in [0, 0.1) is 0 Å². The van der Waals surface area contributed by atoms with Crippen LogP contribution in [0.15, 0.2) is 0 Å². The minimum absolute atomic E-state index is 0.0124. The van der Waals surface area contributed by atoms with Gasteiger partial charge in [0.05, 0.1) is 25.3 Å². The average Bonchev–Trinajstić information content (AvgIpc) is 2.44. The molecule has 9 heteroatoms. The Hall–Kier alpha value is -1.12. The molecule has 2 aliphatic heterocycles. The SMILES string of the molecule is C[C@@H]1COC[C@H]2COc3c(nc(Cl)nc3C(C)(C)S(C)(=O)=O)N21. The monoisotopic (exact) mass is 361 g/mol. The smallest absolute Gasteiger partial charge is 0.224 e. The van der Waals surface area contributed by atoms with E-state index in [0.717, 1.165) is 0 Å². The molecule has 0 N–H and O–H groups in total. The maximum Gasteiger partial charge on any atom is 0.224 e. The highest BCUT2D eigenvalue weighted by molar-refractivity contribution is 7.91. The van der Waals surface area contributed by atoms with Crippen LogP contribution in [0.1, 0.15) is 26.5 Å². The van der Waals surface area contributed by atoms with Gasteiger partial charge >= 0.3 is 0 Å². The van der Waals surface area contributed by atoms with Gasteiger partial charge in [0.2, 0.25) is 5.28 Å². The van der Waals surface area contributed by atoms with Crippen molar-refractivity contribution in [1.82, 2.24) is 9.97 Å². The molecule has 0 aliphatic carbocycles. The van der Waals surface area contributed by atoms with Crippen molar-refractivity contribution in [2.24, 2.45) is 0 Å². The molecule has 0 saturated carbocycles. The molecule has 7 nitrogen and oxygen atoms in total. The second kappa shape index (κ2) is 5.46. The summed E-state index contributed by atoms with van der Waals surface area (Å²) in [5.41, 5.74) is 0.298. The average molecular weight is 362 g/mol. The lowest BCUT2D eigenvalue weighted by molar-refractivity contribution is 0.0482. The fraction of sp³-hybridized carbons (Fsp3) is 0.714. The van der Waals surface area contributed by atoms with Crippen molar-refractivity contribution in [3.8, 4) is 5.75 Å². The summed E-state index contributed by atoms with van der Waals surface area (Å²) in [4.78, 5) is 10.6. The quantitative estimate of drug-likeness (QED) is 0.736. The Morgan fingerprint density at radius 3 is 2.61 bits per heavy atom. The van der Waals surface area contributed by atoms with Crippen LogP contribution in [-0.4, -0.2) is 56.5 Å². The van der Waals surface area contributed by atoms with E-state index in [4.69, 9.17) is 21.1 Å². The Kier molecular flexibility index (Phi) is 3.97. The fourth-order valence-electron chi connectivity index (χ4n) is 2.89. The first kappa shape index (κ1) is 16.7. The second-order valence-corrected chi connectivity index (χ2v) is 9.44. The first-order valence-corrected chi connectivity index (χ1v) is 9.66. The van der Waals surface area contributed by atoms with Crippen LogP contribution < -0.4 is 9.64 Å². The summed E-state index contributed by atoms with van der Waals surface area (Å²) in [6, 6.07) is 0.128. The van der Waals surface area contributed by atoms with Gasteiger partial charge < -0.3 is 14.4 Å². The molecule has 2 aliphatic rings. The van der Waals surface area contributed by atoms with E-state index in [0.29, 0.717) is 37.1 Å². The summed E-state index contributed by atoms with van der Waals surface area (Å²) < 4.78 is 34.6. The molecule has 0 aromatic carbocycles. The van der Waals surface area contributed by atoms with Gasteiger partial charge in [-0.05, 0) is 32.4 Å². The van der Waals surface area contributed by atoms with Gasteiger partial charge in [0.15, 0.2) is 21.4 Å². The van der Waals surface area contributed by atoms with E-state index in [1.807, 2.05) is 6.92 Å². The fourth-order valence-corrected chi connectivity index (χ4v) is 3.54. The van der Waals surface area contributed by atoms with Gasteiger partial charge in [0, 0.05) is 6.26 Å². The van der Waals surface area contributed by atoms with Gasteiger partial charge in [0.1, 0.15) is 17.0 Å². The van der Waals surface area contributed by atoms with Crippen LogP contribution in [0.5, 0.6) is 5.75 Å². The van der Waals surface area contributed by atoms with Gasteiger partial charge in [-0.15, -0.1) is 0 Å². The molecule has 23 heavy (non-hydrogen) atoms. The third-order valence-electron chi connectivity index (χ3n) is 4.52. The first-order valence-electron chi connectivity index (χ1n) is 7.39. The molecule has 2 atom stereocenters. The molecular formula is C14H20ClN3O4S. The lowest BCUT2D eigenvalue weighted by Gasteiger charge is -2.45. The second-order valence-electron chi connectivity index (χ2n) is 6.54. The number of hydrogen-bond acceptors (Lipinski definition) is 7. The van der Waals surface area contributed by atoms with Crippen LogP contribution in [0.2, 0.25) is 5.28 Å². The minimum Gasteiger partial charge on any atom is -0.486 e. The van der Waals surface area contributed by atoms with Crippen molar-refractivity contribution in [2.75, 3.05) is 31.0 Å². The van der Waals surface area contributed by atoms with Crippen molar-refractivity contribution in [2.45, 2.75) is 37.6 Å².